The lowest BCUT2D eigenvalue weighted by molar-refractivity contribution is -0.156. The summed E-state index contributed by atoms with van der Waals surface area (Å²) >= 11 is 6.25. The van der Waals surface area contributed by atoms with Crippen LogP contribution in [0, 0.1) is 11.8 Å². The third-order valence-corrected chi connectivity index (χ3v) is 6.48. The van der Waals surface area contributed by atoms with Crippen LogP contribution in [0.2, 0.25) is 5.02 Å². The maximum atomic E-state index is 13.6. The first-order valence-electron chi connectivity index (χ1n) is 10.5. The lowest BCUT2D eigenvalue weighted by Crippen LogP contribution is -2.56. The van der Waals surface area contributed by atoms with Crippen molar-refractivity contribution in [2.24, 2.45) is 11.8 Å². The molecule has 2 aromatic rings. The molecule has 0 radical (unpaired) electrons. The first kappa shape index (κ1) is 21.2. The number of rotatable bonds is 5. The highest BCUT2D eigenvalue weighted by atomic mass is 35.5. The lowest BCUT2D eigenvalue weighted by Gasteiger charge is -2.35. The maximum absolute atomic E-state index is 13.6. The number of ketones is 1. The molecule has 1 saturated heterocycles. The van der Waals surface area contributed by atoms with E-state index in [1.165, 1.54) is 13.0 Å². The number of amides is 3. The van der Waals surface area contributed by atoms with Gasteiger partial charge in [-0.25, -0.2) is 5.01 Å². The number of carbonyl (C=O) groups is 4. The average Bonchev–Trinajstić information content (AvgIpc) is 3.05. The summed E-state index contributed by atoms with van der Waals surface area (Å²) in [4.78, 5) is 53.3. The van der Waals surface area contributed by atoms with E-state index < -0.39 is 35.6 Å². The number of fused-ring (bicyclic) bond motifs is 1. The van der Waals surface area contributed by atoms with Crippen LogP contribution < -0.4 is 0 Å². The van der Waals surface area contributed by atoms with Crippen LogP contribution in [0.4, 0.5) is 0 Å². The minimum Gasteiger partial charge on any atom is -0.292 e. The van der Waals surface area contributed by atoms with Crippen molar-refractivity contribution in [3.63, 3.8) is 0 Å². The zero-order valence-electron chi connectivity index (χ0n) is 17.2. The second kappa shape index (κ2) is 8.63. The number of Topliss-reactive ketones (excluding diaryl/α,β-unsaturated/α-hetero) is 1. The highest BCUT2D eigenvalue weighted by Crippen LogP contribution is 2.39. The second-order valence-corrected chi connectivity index (χ2v) is 8.43. The summed E-state index contributed by atoms with van der Waals surface area (Å²) in [5.74, 6) is -2.73. The van der Waals surface area contributed by atoms with Crippen molar-refractivity contribution < 1.29 is 19.2 Å². The van der Waals surface area contributed by atoms with Crippen molar-refractivity contribution in [2.75, 3.05) is 0 Å². The molecule has 0 spiro atoms. The van der Waals surface area contributed by atoms with E-state index in [2.05, 4.69) is 0 Å². The van der Waals surface area contributed by atoms with E-state index in [0.717, 1.165) is 22.9 Å². The first-order valence-corrected chi connectivity index (χ1v) is 10.8. The van der Waals surface area contributed by atoms with Crippen LogP contribution in [0.25, 0.3) is 0 Å². The Kier molecular flexibility index (Phi) is 5.92. The van der Waals surface area contributed by atoms with E-state index in [1.807, 2.05) is 0 Å². The number of hydrazine groups is 1. The molecule has 6 nitrogen and oxygen atoms in total. The van der Waals surface area contributed by atoms with E-state index in [4.69, 9.17) is 11.6 Å². The van der Waals surface area contributed by atoms with Crippen molar-refractivity contribution in [1.29, 1.82) is 0 Å². The van der Waals surface area contributed by atoms with Gasteiger partial charge in [-0.15, -0.1) is 0 Å². The van der Waals surface area contributed by atoms with Gasteiger partial charge in [-0.05, 0) is 31.9 Å². The molecule has 2 aliphatic rings. The van der Waals surface area contributed by atoms with Crippen molar-refractivity contribution in [1.82, 2.24) is 10.0 Å². The largest absolute Gasteiger partial charge is 0.292 e. The molecular weight excluding hydrogens is 416 g/mol. The van der Waals surface area contributed by atoms with E-state index in [1.54, 1.807) is 48.5 Å². The molecule has 0 N–H and O–H groups in total. The molecule has 4 rings (SSSR count). The molecule has 160 valence electrons. The molecule has 7 heteroatoms. The van der Waals surface area contributed by atoms with Gasteiger partial charge in [0.2, 0.25) is 0 Å². The van der Waals surface area contributed by atoms with Crippen molar-refractivity contribution >= 4 is 35.1 Å². The molecule has 31 heavy (non-hydrogen) atoms. The Morgan fingerprint density at radius 1 is 0.935 bits per heavy atom. The van der Waals surface area contributed by atoms with E-state index >= 15 is 0 Å². The summed E-state index contributed by atoms with van der Waals surface area (Å²) in [7, 11) is 0. The van der Waals surface area contributed by atoms with Gasteiger partial charge in [0.15, 0.2) is 5.78 Å². The topological polar surface area (TPSA) is 74.8 Å². The predicted molar refractivity (Wildman–Crippen MR) is 115 cm³/mol. The van der Waals surface area contributed by atoms with Gasteiger partial charge in [0.25, 0.3) is 17.7 Å². The monoisotopic (exact) mass is 438 g/mol. The highest BCUT2D eigenvalue weighted by Gasteiger charge is 2.53. The Morgan fingerprint density at radius 2 is 1.48 bits per heavy atom. The van der Waals surface area contributed by atoms with E-state index in [-0.39, 0.29) is 16.4 Å². The summed E-state index contributed by atoms with van der Waals surface area (Å²) in [5, 5.41) is 2.12. The summed E-state index contributed by atoms with van der Waals surface area (Å²) in [6.07, 6.45) is 2.96. The van der Waals surface area contributed by atoms with Crippen LogP contribution in [0.1, 0.15) is 53.3 Å². The first-order chi connectivity index (χ1) is 14.9. The Labute approximate surface area is 185 Å². The van der Waals surface area contributed by atoms with Crippen molar-refractivity contribution in [3.05, 3.63) is 70.7 Å². The molecule has 2 fully saturated rings. The normalized spacial score (nSPS) is 21.5. The van der Waals surface area contributed by atoms with Crippen molar-refractivity contribution in [2.45, 2.75) is 38.6 Å². The SMILES string of the molecule is C[C@H](C(=O)c1ccccc1)N(C(=O)c1ccccc1Cl)N1C(=O)[C@@H]2CCCC[C@H]2C1=O. The highest BCUT2D eigenvalue weighted by molar-refractivity contribution is 6.34. The fourth-order valence-electron chi connectivity index (χ4n) is 4.51. The zero-order valence-corrected chi connectivity index (χ0v) is 17.9. The maximum Gasteiger partial charge on any atom is 0.275 e. The van der Waals surface area contributed by atoms with Crippen LogP contribution >= 0.6 is 11.6 Å². The van der Waals surface area contributed by atoms with Crippen molar-refractivity contribution in [3.8, 4) is 0 Å². The lowest BCUT2D eigenvalue weighted by atomic mass is 9.81. The fraction of sp³-hybridized carbons (Fsp3) is 0.333. The van der Waals surface area contributed by atoms with Crippen LogP contribution in [0.15, 0.2) is 54.6 Å². The fourth-order valence-corrected chi connectivity index (χ4v) is 4.73. The Balaban J connectivity index is 1.77. The molecule has 1 aliphatic carbocycles. The molecule has 2 aromatic carbocycles. The zero-order chi connectivity index (χ0) is 22.1. The van der Waals surface area contributed by atoms with Gasteiger partial charge in [0.05, 0.1) is 22.4 Å². The van der Waals surface area contributed by atoms with Crippen LogP contribution in [-0.4, -0.2) is 39.6 Å². The second-order valence-electron chi connectivity index (χ2n) is 8.02. The van der Waals surface area contributed by atoms with Gasteiger partial charge < -0.3 is 0 Å². The Bertz CT molecular complexity index is 1010. The number of hydrogen-bond acceptors (Lipinski definition) is 4. The number of nitrogens with zero attached hydrogens (tertiary/aromatic N) is 2. The Morgan fingerprint density at radius 3 is 2.06 bits per heavy atom. The van der Waals surface area contributed by atoms with Gasteiger partial charge in [-0.1, -0.05) is 66.9 Å². The van der Waals surface area contributed by atoms with Crippen LogP contribution in [-0.2, 0) is 9.59 Å². The summed E-state index contributed by atoms with van der Waals surface area (Å²) in [6, 6.07) is 13.9. The van der Waals surface area contributed by atoms with Gasteiger partial charge in [-0.3, -0.25) is 19.2 Å². The predicted octanol–water partition coefficient (Wildman–Crippen LogP) is 4.14. The van der Waals surface area contributed by atoms with Gasteiger partial charge in [-0.2, -0.15) is 5.01 Å². The molecule has 0 bridgehead atoms. The van der Waals surface area contributed by atoms with E-state index in [0.29, 0.717) is 18.4 Å². The number of imide groups is 1. The molecule has 3 atom stereocenters. The quantitative estimate of drug-likeness (QED) is 0.519. The molecule has 1 aliphatic heterocycles. The molecular formula is C24H23ClN2O4. The average molecular weight is 439 g/mol. The standard InChI is InChI=1S/C24H23ClN2O4/c1-15(21(28)16-9-3-2-4-10-16)26(24(31)19-13-7-8-14-20(19)25)27-22(29)17-11-5-6-12-18(17)23(27)30/h2-4,7-10,13-15,17-18H,5-6,11-12H2,1H3/t15-,17-,18-/m1/s1. The summed E-state index contributed by atoms with van der Waals surface area (Å²) < 4.78 is 0. The van der Waals surface area contributed by atoms with Gasteiger partial charge in [0, 0.05) is 5.56 Å². The van der Waals surface area contributed by atoms with Crippen LogP contribution in [0.5, 0.6) is 0 Å². The minimum atomic E-state index is -1.07. The molecule has 0 aromatic heterocycles. The summed E-state index contributed by atoms with van der Waals surface area (Å²) in [6.45, 7) is 1.53. The molecule has 0 unspecified atom stereocenters. The van der Waals surface area contributed by atoms with Gasteiger partial charge >= 0.3 is 0 Å². The van der Waals surface area contributed by atoms with Gasteiger partial charge in [0.1, 0.15) is 6.04 Å². The molecule has 1 saturated carbocycles. The minimum absolute atomic E-state index is 0.132. The van der Waals surface area contributed by atoms with Crippen LogP contribution in [0.3, 0.4) is 0 Å². The number of hydrogen-bond donors (Lipinski definition) is 0. The smallest absolute Gasteiger partial charge is 0.275 e. The Hall–Kier alpha value is -2.99. The summed E-state index contributed by atoms with van der Waals surface area (Å²) in [5.41, 5.74) is 0.524. The number of carbonyl (C=O) groups excluding carboxylic acids is 4. The third-order valence-electron chi connectivity index (χ3n) is 6.15. The third kappa shape index (κ3) is 3.76. The number of halogens is 1. The van der Waals surface area contributed by atoms with E-state index in [9.17, 15) is 19.2 Å². The molecule has 1 heterocycles. The number of benzene rings is 2. The molecule has 3 amide bonds.